The molecule has 0 radical (unpaired) electrons. The predicted molar refractivity (Wildman–Crippen MR) is 108 cm³/mol. The number of benzene rings is 1. The molecule has 5 rings (SSSR count). The lowest BCUT2D eigenvalue weighted by Crippen LogP contribution is -2.27. The zero-order chi connectivity index (χ0) is 20.0. The Hall–Kier alpha value is -3.27. The monoisotopic (exact) mass is 409 g/mol. The molecule has 10 heteroatoms. The number of halogens is 1. The summed E-state index contributed by atoms with van der Waals surface area (Å²) in [6, 6.07) is 6.07. The maximum Gasteiger partial charge on any atom is 0.262 e. The molecule has 1 unspecified atom stereocenters. The van der Waals surface area contributed by atoms with E-state index in [1.54, 1.807) is 34.8 Å². The van der Waals surface area contributed by atoms with Crippen LogP contribution in [-0.2, 0) is 6.54 Å². The summed E-state index contributed by atoms with van der Waals surface area (Å²) in [5.74, 6) is 0.937. The van der Waals surface area contributed by atoms with Crippen LogP contribution in [0, 0.1) is 5.82 Å². The van der Waals surface area contributed by atoms with E-state index in [0.717, 1.165) is 5.75 Å². The van der Waals surface area contributed by atoms with Crippen molar-refractivity contribution in [1.29, 1.82) is 0 Å². The van der Waals surface area contributed by atoms with Gasteiger partial charge in [-0.1, -0.05) is 23.9 Å². The van der Waals surface area contributed by atoms with Crippen molar-refractivity contribution in [2.45, 2.75) is 24.7 Å². The number of aromatic amines is 1. The van der Waals surface area contributed by atoms with Crippen molar-refractivity contribution in [2.75, 3.05) is 11.1 Å². The largest absolute Gasteiger partial charge is 0.362 e. The van der Waals surface area contributed by atoms with Gasteiger partial charge >= 0.3 is 0 Å². The zero-order valence-electron chi connectivity index (χ0n) is 15.4. The number of fused-ring (bicyclic) bond motifs is 2. The van der Waals surface area contributed by atoms with Gasteiger partial charge in [-0.05, 0) is 24.6 Å². The van der Waals surface area contributed by atoms with E-state index in [1.807, 2.05) is 6.92 Å². The summed E-state index contributed by atoms with van der Waals surface area (Å²) in [7, 11) is 0. The van der Waals surface area contributed by atoms with Crippen molar-refractivity contribution in [3.63, 3.8) is 0 Å². The van der Waals surface area contributed by atoms with Gasteiger partial charge in [0.2, 0.25) is 0 Å². The van der Waals surface area contributed by atoms with Gasteiger partial charge in [0.1, 0.15) is 17.7 Å². The number of imidazole rings is 1. The second-order valence-corrected chi connectivity index (χ2v) is 7.73. The van der Waals surface area contributed by atoms with E-state index in [2.05, 4.69) is 25.3 Å². The van der Waals surface area contributed by atoms with Crippen molar-refractivity contribution in [2.24, 2.45) is 0 Å². The Balaban J connectivity index is 1.61. The normalized spacial score (nSPS) is 15.6. The second kappa shape index (κ2) is 6.96. The van der Waals surface area contributed by atoms with Gasteiger partial charge in [0, 0.05) is 11.8 Å². The van der Waals surface area contributed by atoms with Crippen LogP contribution in [0.5, 0.6) is 0 Å². The molecule has 1 aliphatic rings. The Morgan fingerprint density at radius 1 is 1.34 bits per heavy atom. The Morgan fingerprint density at radius 3 is 3.10 bits per heavy atom. The fourth-order valence-corrected chi connectivity index (χ4v) is 4.56. The number of rotatable bonds is 4. The zero-order valence-corrected chi connectivity index (χ0v) is 16.2. The maximum absolute atomic E-state index is 13.9. The Labute approximate surface area is 168 Å². The van der Waals surface area contributed by atoms with Crippen molar-refractivity contribution in [1.82, 2.24) is 29.5 Å². The molecule has 0 bridgehead atoms. The minimum Gasteiger partial charge on any atom is -0.362 e. The quantitative estimate of drug-likeness (QED) is 0.500. The predicted octanol–water partition coefficient (Wildman–Crippen LogP) is 2.99. The lowest BCUT2D eigenvalue weighted by Gasteiger charge is -2.15. The summed E-state index contributed by atoms with van der Waals surface area (Å²) >= 11 is 1.55. The molecule has 0 fully saturated rings. The molecular formula is C19H16FN7OS. The summed E-state index contributed by atoms with van der Waals surface area (Å²) in [5.41, 5.74) is 2.49. The SMILES string of the molecule is CC1CSc2nc(CNc3ncnc4nc[nH]c34)c(-c3cccc(F)c3)c(=O)n21. The summed E-state index contributed by atoms with van der Waals surface area (Å²) < 4.78 is 15.6. The first-order valence-electron chi connectivity index (χ1n) is 9.04. The van der Waals surface area contributed by atoms with E-state index in [9.17, 15) is 9.18 Å². The molecule has 0 spiro atoms. The van der Waals surface area contributed by atoms with E-state index >= 15 is 0 Å². The summed E-state index contributed by atoms with van der Waals surface area (Å²) in [6.07, 6.45) is 2.96. The molecule has 29 heavy (non-hydrogen) atoms. The standard InChI is InChI=1S/C19H16FN7OS/c1-10-7-29-19-26-13(6-21-16-15-17(23-8-22-15)25-9-24-16)14(18(28)27(10)19)11-3-2-4-12(20)5-11/h2-5,8-10H,6-7H2,1H3,(H2,21,22,23,24,25). The minimum atomic E-state index is -0.399. The molecule has 1 atom stereocenters. The third-order valence-corrected chi connectivity index (χ3v) is 6.01. The van der Waals surface area contributed by atoms with Gasteiger partial charge in [0.05, 0.1) is 24.1 Å². The van der Waals surface area contributed by atoms with Gasteiger partial charge in [-0.25, -0.2) is 24.3 Å². The van der Waals surface area contributed by atoms with Crippen LogP contribution < -0.4 is 10.9 Å². The fraction of sp³-hybridized carbons (Fsp3) is 0.211. The number of nitrogens with one attached hydrogen (secondary N) is 2. The number of thioether (sulfide) groups is 1. The molecule has 4 heterocycles. The van der Waals surface area contributed by atoms with Crippen LogP contribution in [0.2, 0.25) is 0 Å². The van der Waals surface area contributed by atoms with Gasteiger partial charge in [0.25, 0.3) is 5.56 Å². The molecule has 146 valence electrons. The molecule has 3 aromatic heterocycles. The van der Waals surface area contributed by atoms with Crippen LogP contribution >= 0.6 is 11.8 Å². The minimum absolute atomic E-state index is 0.0378. The first-order valence-corrected chi connectivity index (χ1v) is 10.0. The number of nitrogens with zero attached hydrogens (tertiary/aromatic N) is 5. The summed E-state index contributed by atoms with van der Waals surface area (Å²) in [6.45, 7) is 2.23. The van der Waals surface area contributed by atoms with E-state index in [4.69, 9.17) is 4.98 Å². The van der Waals surface area contributed by atoms with Crippen molar-refractivity contribution < 1.29 is 4.39 Å². The van der Waals surface area contributed by atoms with Gasteiger partial charge < -0.3 is 10.3 Å². The topological polar surface area (TPSA) is 101 Å². The second-order valence-electron chi connectivity index (χ2n) is 6.74. The molecular weight excluding hydrogens is 393 g/mol. The van der Waals surface area contributed by atoms with Gasteiger partial charge in [-0.3, -0.25) is 9.36 Å². The van der Waals surface area contributed by atoms with Crippen LogP contribution in [0.3, 0.4) is 0 Å². The molecule has 0 amide bonds. The lowest BCUT2D eigenvalue weighted by atomic mass is 10.0. The van der Waals surface area contributed by atoms with Crippen molar-refractivity contribution >= 4 is 28.7 Å². The number of hydrogen-bond acceptors (Lipinski definition) is 7. The molecule has 1 aliphatic heterocycles. The Bertz CT molecular complexity index is 1290. The molecule has 0 saturated carbocycles. The van der Waals surface area contributed by atoms with E-state index in [0.29, 0.717) is 39.0 Å². The average molecular weight is 409 g/mol. The Morgan fingerprint density at radius 2 is 2.24 bits per heavy atom. The van der Waals surface area contributed by atoms with Crippen LogP contribution in [0.25, 0.3) is 22.3 Å². The molecule has 1 aromatic carbocycles. The highest BCUT2D eigenvalue weighted by molar-refractivity contribution is 7.99. The first kappa shape index (κ1) is 17.8. The number of hydrogen-bond donors (Lipinski definition) is 2. The summed E-state index contributed by atoms with van der Waals surface area (Å²) in [5, 5.41) is 3.88. The fourth-order valence-electron chi connectivity index (χ4n) is 3.44. The van der Waals surface area contributed by atoms with E-state index < -0.39 is 5.82 Å². The highest BCUT2D eigenvalue weighted by Gasteiger charge is 2.26. The molecule has 0 aliphatic carbocycles. The maximum atomic E-state index is 13.9. The van der Waals surface area contributed by atoms with Crippen molar-refractivity contribution in [3.8, 4) is 11.1 Å². The van der Waals surface area contributed by atoms with Crippen LogP contribution in [0.1, 0.15) is 18.7 Å². The van der Waals surface area contributed by atoms with Gasteiger partial charge in [0.15, 0.2) is 16.6 Å². The number of aromatic nitrogens is 6. The highest BCUT2D eigenvalue weighted by Crippen LogP contribution is 2.32. The smallest absolute Gasteiger partial charge is 0.262 e. The molecule has 4 aromatic rings. The lowest BCUT2D eigenvalue weighted by molar-refractivity contribution is 0.540. The van der Waals surface area contributed by atoms with Gasteiger partial charge in [-0.2, -0.15) is 0 Å². The van der Waals surface area contributed by atoms with Crippen LogP contribution in [0.4, 0.5) is 10.2 Å². The van der Waals surface area contributed by atoms with Gasteiger partial charge in [-0.15, -0.1) is 0 Å². The first-order chi connectivity index (χ1) is 14.1. The van der Waals surface area contributed by atoms with Crippen LogP contribution in [-0.4, -0.2) is 35.2 Å². The van der Waals surface area contributed by atoms with Crippen molar-refractivity contribution in [3.05, 3.63) is 58.8 Å². The van der Waals surface area contributed by atoms with E-state index in [-0.39, 0.29) is 18.1 Å². The highest BCUT2D eigenvalue weighted by atomic mass is 32.2. The summed E-state index contributed by atoms with van der Waals surface area (Å²) in [4.78, 5) is 33.5. The number of anilines is 1. The Kier molecular flexibility index (Phi) is 4.27. The number of H-pyrrole nitrogens is 1. The molecule has 2 N–H and O–H groups in total. The van der Waals surface area contributed by atoms with Crippen LogP contribution in [0.15, 0.2) is 46.9 Å². The molecule has 8 nitrogen and oxygen atoms in total. The third kappa shape index (κ3) is 3.05. The average Bonchev–Trinajstić information content (AvgIpc) is 3.33. The molecule has 0 saturated heterocycles. The van der Waals surface area contributed by atoms with E-state index in [1.165, 1.54) is 18.5 Å². The third-order valence-electron chi connectivity index (χ3n) is 4.81.